The van der Waals surface area contributed by atoms with Gasteiger partial charge in [-0.3, -0.25) is 0 Å². The van der Waals surface area contributed by atoms with E-state index in [1.807, 2.05) is 6.92 Å². The topological polar surface area (TPSA) is 32.3 Å². The molecule has 0 aliphatic heterocycles. The van der Waals surface area contributed by atoms with Gasteiger partial charge >= 0.3 is 0 Å². The minimum atomic E-state index is -0.268. The lowest BCUT2D eigenvalue weighted by Crippen LogP contribution is -2.31. The van der Waals surface area contributed by atoms with Crippen LogP contribution in [0.5, 0.6) is 0 Å². The highest BCUT2D eigenvalue weighted by Crippen LogP contribution is 2.30. The van der Waals surface area contributed by atoms with Gasteiger partial charge in [0.2, 0.25) is 0 Å². The first-order valence-corrected chi connectivity index (χ1v) is 6.17. The van der Waals surface area contributed by atoms with Crippen LogP contribution < -0.4 is 5.32 Å². The van der Waals surface area contributed by atoms with Crippen LogP contribution in [0.25, 0.3) is 0 Å². The summed E-state index contributed by atoms with van der Waals surface area (Å²) in [6.45, 7) is 4.64. The number of aliphatic hydroxyl groups excluding tert-OH is 1. The SMILES string of the molecule is Cc1ccc2c(c1)C(NC[C@H](C)O)CCC2. The van der Waals surface area contributed by atoms with Gasteiger partial charge in [-0.05, 0) is 44.2 Å². The molecule has 16 heavy (non-hydrogen) atoms. The second kappa shape index (κ2) is 4.98. The van der Waals surface area contributed by atoms with Crippen LogP contribution in [0.15, 0.2) is 18.2 Å². The van der Waals surface area contributed by atoms with Crippen LogP contribution in [0, 0.1) is 6.92 Å². The van der Waals surface area contributed by atoms with Crippen molar-refractivity contribution < 1.29 is 5.11 Å². The third-order valence-electron chi connectivity index (χ3n) is 3.28. The fourth-order valence-corrected chi connectivity index (χ4v) is 2.44. The van der Waals surface area contributed by atoms with Gasteiger partial charge in [-0.2, -0.15) is 0 Å². The molecule has 0 saturated heterocycles. The van der Waals surface area contributed by atoms with E-state index in [9.17, 15) is 5.11 Å². The highest BCUT2D eigenvalue weighted by Gasteiger charge is 2.19. The van der Waals surface area contributed by atoms with Crippen molar-refractivity contribution in [3.63, 3.8) is 0 Å². The van der Waals surface area contributed by atoms with Crippen LogP contribution in [-0.4, -0.2) is 17.8 Å². The Hall–Kier alpha value is -0.860. The number of fused-ring (bicyclic) bond motifs is 1. The lowest BCUT2D eigenvalue weighted by Gasteiger charge is -2.27. The molecule has 2 rings (SSSR count). The molecule has 0 bridgehead atoms. The minimum Gasteiger partial charge on any atom is -0.392 e. The van der Waals surface area contributed by atoms with Crippen LogP contribution in [0.1, 0.15) is 42.5 Å². The van der Waals surface area contributed by atoms with Gasteiger partial charge in [-0.15, -0.1) is 0 Å². The Morgan fingerprint density at radius 3 is 3.06 bits per heavy atom. The molecule has 0 saturated carbocycles. The van der Waals surface area contributed by atoms with Crippen molar-refractivity contribution in [3.8, 4) is 0 Å². The number of rotatable bonds is 3. The summed E-state index contributed by atoms with van der Waals surface area (Å²) in [7, 11) is 0. The molecule has 0 fully saturated rings. The molecule has 1 aliphatic rings. The summed E-state index contributed by atoms with van der Waals surface area (Å²) in [4.78, 5) is 0. The molecule has 1 unspecified atom stereocenters. The van der Waals surface area contributed by atoms with Gasteiger partial charge < -0.3 is 10.4 Å². The van der Waals surface area contributed by atoms with Gasteiger partial charge in [0, 0.05) is 12.6 Å². The van der Waals surface area contributed by atoms with Gasteiger partial charge in [-0.1, -0.05) is 23.8 Å². The molecule has 0 spiro atoms. The van der Waals surface area contributed by atoms with Crippen molar-refractivity contribution in [1.29, 1.82) is 0 Å². The molecule has 2 nitrogen and oxygen atoms in total. The summed E-state index contributed by atoms with van der Waals surface area (Å²) in [6, 6.07) is 7.16. The van der Waals surface area contributed by atoms with E-state index in [2.05, 4.69) is 30.4 Å². The monoisotopic (exact) mass is 219 g/mol. The number of hydrogen-bond donors (Lipinski definition) is 2. The van der Waals surface area contributed by atoms with E-state index in [1.54, 1.807) is 0 Å². The van der Waals surface area contributed by atoms with E-state index >= 15 is 0 Å². The standard InChI is InChI=1S/C14H21NO/c1-10-6-7-12-4-3-5-14(13(12)8-10)15-9-11(2)16/h6-8,11,14-16H,3-5,9H2,1-2H3/t11-,14?/m0/s1. The van der Waals surface area contributed by atoms with E-state index in [1.165, 1.54) is 36.0 Å². The normalized spacial score (nSPS) is 21.6. The number of aliphatic hydroxyl groups is 1. The van der Waals surface area contributed by atoms with Crippen molar-refractivity contribution >= 4 is 0 Å². The summed E-state index contributed by atoms with van der Waals surface area (Å²) < 4.78 is 0. The van der Waals surface area contributed by atoms with Crippen LogP contribution in [0.3, 0.4) is 0 Å². The maximum atomic E-state index is 9.32. The maximum Gasteiger partial charge on any atom is 0.0636 e. The predicted octanol–water partition coefficient (Wildman–Crippen LogP) is 2.34. The predicted molar refractivity (Wildman–Crippen MR) is 66.5 cm³/mol. The Kier molecular flexibility index (Phi) is 3.62. The summed E-state index contributed by atoms with van der Waals surface area (Å²) in [5.74, 6) is 0. The Morgan fingerprint density at radius 2 is 2.31 bits per heavy atom. The van der Waals surface area contributed by atoms with Gasteiger partial charge in [0.15, 0.2) is 0 Å². The Morgan fingerprint density at radius 1 is 1.50 bits per heavy atom. The van der Waals surface area contributed by atoms with Crippen molar-refractivity contribution in [3.05, 3.63) is 34.9 Å². The second-order valence-corrected chi connectivity index (χ2v) is 4.90. The second-order valence-electron chi connectivity index (χ2n) is 4.90. The molecule has 0 heterocycles. The zero-order valence-corrected chi connectivity index (χ0v) is 10.2. The van der Waals surface area contributed by atoms with E-state index in [-0.39, 0.29) is 6.10 Å². The average molecular weight is 219 g/mol. The lowest BCUT2D eigenvalue weighted by molar-refractivity contribution is 0.184. The van der Waals surface area contributed by atoms with Gasteiger partial charge in [0.25, 0.3) is 0 Å². The fraction of sp³-hybridized carbons (Fsp3) is 0.571. The zero-order chi connectivity index (χ0) is 11.5. The molecule has 1 aliphatic carbocycles. The average Bonchev–Trinajstić information content (AvgIpc) is 2.26. The number of aryl methyl sites for hydroxylation is 2. The molecule has 0 radical (unpaired) electrons. The Balaban J connectivity index is 2.15. The van der Waals surface area contributed by atoms with Crippen LogP contribution in [0.2, 0.25) is 0 Å². The van der Waals surface area contributed by atoms with Gasteiger partial charge in [0.05, 0.1) is 6.10 Å². The van der Waals surface area contributed by atoms with Crippen LogP contribution in [0.4, 0.5) is 0 Å². The highest BCUT2D eigenvalue weighted by molar-refractivity contribution is 5.35. The molecule has 1 aromatic carbocycles. The number of benzene rings is 1. The third-order valence-corrected chi connectivity index (χ3v) is 3.28. The van der Waals surface area contributed by atoms with E-state index in [0.717, 1.165) is 0 Å². The smallest absolute Gasteiger partial charge is 0.0636 e. The van der Waals surface area contributed by atoms with Crippen LogP contribution in [-0.2, 0) is 6.42 Å². The lowest BCUT2D eigenvalue weighted by atomic mass is 9.86. The molecule has 2 N–H and O–H groups in total. The molecule has 0 amide bonds. The number of hydrogen-bond acceptors (Lipinski definition) is 2. The minimum absolute atomic E-state index is 0.268. The maximum absolute atomic E-state index is 9.32. The first-order valence-electron chi connectivity index (χ1n) is 6.17. The Bertz CT molecular complexity index is 360. The van der Waals surface area contributed by atoms with Gasteiger partial charge in [0.1, 0.15) is 0 Å². The fourth-order valence-electron chi connectivity index (χ4n) is 2.44. The Labute approximate surface area is 97.7 Å². The molecule has 2 atom stereocenters. The largest absolute Gasteiger partial charge is 0.392 e. The van der Waals surface area contributed by atoms with E-state index < -0.39 is 0 Å². The summed E-state index contributed by atoms with van der Waals surface area (Å²) >= 11 is 0. The van der Waals surface area contributed by atoms with Crippen LogP contribution >= 0.6 is 0 Å². The van der Waals surface area contributed by atoms with Crippen molar-refractivity contribution in [1.82, 2.24) is 5.32 Å². The molecule has 0 aromatic heterocycles. The highest BCUT2D eigenvalue weighted by atomic mass is 16.3. The summed E-state index contributed by atoms with van der Waals surface area (Å²) in [5, 5.41) is 12.8. The molecule has 2 heteroatoms. The van der Waals surface area contributed by atoms with Crippen molar-refractivity contribution in [2.75, 3.05) is 6.54 Å². The molecular formula is C14H21NO. The number of nitrogens with one attached hydrogen (secondary N) is 1. The zero-order valence-electron chi connectivity index (χ0n) is 10.2. The first kappa shape index (κ1) is 11.6. The third kappa shape index (κ3) is 2.63. The first-order chi connectivity index (χ1) is 7.66. The molecule has 88 valence electrons. The quantitative estimate of drug-likeness (QED) is 0.818. The van der Waals surface area contributed by atoms with E-state index in [0.29, 0.717) is 12.6 Å². The van der Waals surface area contributed by atoms with Gasteiger partial charge in [-0.25, -0.2) is 0 Å². The summed E-state index contributed by atoms with van der Waals surface area (Å²) in [6.07, 6.45) is 3.36. The van der Waals surface area contributed by atoms with Crippen molar-refractivity contribution in [2.24, 2.45) is 0 Å². The summed E-state index contributed by atoms with van der Waals surface area (Å²) in [5.41, 5.74) is 4.23. The molecular weight excluding hydrogens is 198 g/mol. The van der Waals surface area contributed by atoms with E-state index in [4.69, 9.17) is 0 Å². The van der Waals surface area contributed by atoms with Crippen molar-refractivity contribution in [2.45, 2.75) is 45.3 Å². The molecule has 1 aromatic rings.